The van der Waals surface area contributed by atoms with Crippen LogP contribution < -0.4 is 0 Å². The van der Waals surface area contributed by atoms with Gasteiger partial charge in [-0.2, -0.15) is 5.26 Å². The fourth-order valence-corrected chi connectivity index (χ4v) is 4.23. The Morgan fingerprint density at radius 1 is 1.15 bits per heavy atom. The molecule has 6 heteroatoms. The number of allylic oxidation sites excluding steroid dienone is 1. The summed E-state index contributed by atoms with van der Waals surface area (Å²) in [5, 5.41) is 29.6. The van der Waals surface area contributed by atoms with Crippen LogP contribution in [-0.2, 0) is 15.0 Å². The lowest BCUT2D eigenvalue weighted by Gasteiger charge is -2.37. The number of phenolic OH excluding ortho intramolecular Hbond substituents is 1. The van der Waals surface area contributed by atoms with Crippen LogP contribution in [0.3, 0.4) is 0 Å². The molecule has 0 radical (unpaired) electrons. The number of aliphatic carboxylic acids is 1. The van der Waals surface area contributed by atoms with Crippen LogP contribution in [0.4, 0.5) is 0 Å². The lowest BCUT2D eigenvalue weighted by atomic mass is 9.74. The summed E-state index contributed by atoms with van der Waals surface area (Å²) in [7, 11) is 0. The van der Waals surface area contributed by atoms with Gasteiger partial charge in [0, 0.05) is 18.7 Å². The molecule has 2 aromatic rings. The zero-order valence-electron chi connectivity index (χ0n) is 18.9. The number of aromatic hydroxyl groups is 1. The molecule has 1 fully saturated rings. The molecule has 0 bridgehead atoms. The van der Waals surface area contributed by atoms with Crippen molar-refractivity contribution in [3.8, 4) is 11.8 Å². The zero-order chi connectivity index (χ0) is 24.0. The Morgan fingerprint density at radius 3 is 2.39 bits per heavy atom. The number of amides is 1. The average Bonchev–Trinajstić information content (AvgIpc) is 2.83. The fraction of sp³-hybridized carbons (Fsp3) is 0.296. The quantitative estimate of drug-likeness (QED) is 0.501. The minimum Gasteiger partial charge on any atom is -0.508 e. The Labute approximate surface area is 194 Å². The zero-order valence-corrected chi connectivity index (χ0v) is 18.9. The van der Waals surface area contributed by atoms with Crippen molar-refractivity contribution in [2.45, 2.75) is 38.5 Å². The topological polar surface area (TPSA) is 102 Å². The molecule has 170 valence electrons. The first-order valence-corrected chi connectivity index (χ1v) is 11.0. The van der Waals surface area contributed by atoms with Gasteiger partial charge in [-0.15, -0.1) is 0 Å². The minimum absolute atomic E-state index is 0.0418. The van der Waals surface area contributed by atoms with Crippen LogP contribution in [0, 0.1) is 18.3 Å². The van der Waals surface area contributed by atoms with Gasteiger partial charge in [0.2, 0.25) is 0 Å². The normalized spacial score (nSPS) is 16.2. The summed E-state index contributed by atoms with van der Waals surface area (Å²) in [4.78, 5) is 27.1. The average molecular weight is 445 g/mol. The van der Waals surface area contributed by atoms with E-state index in [0.717, 1.165) is 5.56 Å². The summed E-state index contributed by atoms with van der Waals surface area (Å²) >= 11 is 0. The molecule has 1 saturated heterocycles. The van der Waals surface area contributed by atoms with Crippen LogP contribution in [0.1, 0.15) is 42.9 Å². The minimum atomic E-state index is -1.18. The molecule has 0 spiro atoms. The standard InChI is InChI=1S/C27H28N2O4/c1-3-7-20(16-24(26(32)33)23-17-22(30)11-10-19(23)2)25(31)29-14-12-27(18-28,13-15-29)21-8-5-4-6-9-21/h4-11,16-17,30H,3,12-15H2,1-2H3,(H,32,33)/b20-7-,24-16+. The molecule has 1 heterocycles. The molecule has 6 nitrogen and oxygen atoms in total. The summed E-state index contributed by atoms with van der Waals surface area (Å²) in [5.74, 6) is -1.47. The number of carboxylic acids is 1. The van der Waals surface area contributed by atoms with Crippen LogP contribution in [0.25, 0.3) is 5.57 Å². The summed E-state index contributed by atoms with van der Waals surface area (Å²) in [6, 6.07) is 16.6. The van der Waals surface area contributed by atoms with Crippen molar-refractivity contribution in [2.24, 2.45) is 0 Å². The van der Waals surface area contributed by atoms with E-state index in [1.807, 2.05) is 37.3 Å². The number of rotatable bonds is 6. The first kappa shape index (κ1) is 23.8. The molecule has 0 aliphatic carbocycles. The number of hydrogen-bond donors (Lipinski definition) is 2. The summed E-state index contributed by atoms with van der Waals surface area (Å²) in [5.41, 5.74) is 1.61. The van der Waals surface area contributed by atoms with Gasteiger partial charge in [-0.05, 0) is 61.1 Å². The van der Waals surface area contributed by atoms with Crippen molar-refractivity contribution in [1.29, 1.82) is 5.26 Å². The summed E-state index contributed by atoms with van der Waals surface area (Å²) < 4.78 is 0. The molecular weight excluding hydrogens is 416 g/mol. The van der Waals surface area contributed by atoms with Gasteiger partial charge in [-0.1, -0.05) is 49.4 Å². The Hall–Kier alpha value is -3.85. The summed E-state index contributed by atoms with van der Waals surface area (Å²) in [6.45, 7) is 4.45. The number of piperidine rings is 1. The molecule has 0 saturated carbocycles. The first-order valence-electron chi connectivity index (χ1n) is 11.0. The van der Waals surface area contributed by atoms with Crippen molar-refractivity contribution < 1.29 is 19.8 Å². The smallest absolute Gasteiger partial charge is 0.336 e. The second kappa shape index (κ2) is 10.2. The number of aryl methyl sites for hydroxylation is 1. The lowest BCUT2D eigenvalue weighted by molar-refractivity contribution is -0.130. The molecule has 1 aliphatic rings. The van der Waals surface area contributed by atoms with E-state index in [1.165, 1.54) is 18.2 Å². The van der Waals surface area contributed by atoms with E-state index in [1.54, 1.807) is 24.0 Å². The third kappa shape index (κ3) is 5.15. The molecule has 2 N–H and O–H groups in total. The number of likely N-dealkylation sites (tertiary alicyclic amines) is 1. The van der Waals surface area contributed by atoms with E-state index < -0.39 is 11.4 Å². The molecule has 0 atom stereocenters. The predicted molar refractivity (Wildman–Crippen MR) is 126 cm³/mol. The number of carbonyl (C=O) groups is 2. The molecule has 33 heavy (non-hydrogen) atoms. The van der Waals surface area contributed by atoms with Crippen LogP contribution in [0.2, 0.25) is 0 Å². The number of carbonyl (C=O) groups excluding carboxylic acids is 1. The maximum absolute atomic E-state index is 13.4. The molecule has 2 aromatic carbocycles. The van der Waals surface area contributed by atoms with E-state index >= 15 is 0 Å². The van der Waals surface area contributed by atoms with E-state index in [0.29, 0.717) is 49.1 Å². The van der Waals surface area contributed by atoms with Gasteiger partial charge in [-0.3, -0.25) is 4.79 Å². The predicted octanol–water partition coefficient (Wildman–Crippen LogP) is 4.59. The molecule has 1 aliphatic heterocycles. The number of nitrogens with zero attached hydrogens (tertiary/aromatic N) is 2. The fourth-order valence-electron chi connectivity index (χ4n) is 4.23. The number of hydrogen-bond acceptors (Lipinski definition) is 4. The SMILES string of the molecule is CC/C=C(/C=C(/C(=O)O)c1cc(O)ccc1C)C(=O)N1CCC(C#N)(c2ccccc2)CC1. The number of nitriles is 1. The molecule has 3 rings (SSSR count). The highest BCUT2D eigenvalue weighted by atomic mass is 16.4. The lowest BCUT2D eigenvalue weighted by Crippen LogP contribution is -2.45. The van der Waals surface area contributed by atoms with Crippen LogP contribution in [0.15, 0.2) is 66.3 Å². The molecule has 0 aromatic heterocycles. The highest BCUT2D eigenvalue weighted by Crippen LogP contribution is 2.35. The van der Waals surface area contributed by atoms with Gasteiger partial charge >= 0.3 is 5.97 Å². The van der Waals surface area contributed by atoms with Crippen LogP contribution >= 0.6 is 0 Å². The van der Waals surface area contributed by atoms with E-state index in [9.17, 15) is 25.1 Å². The van der Waals surface area contributed by atoms with E-state index in [-0.39, 0.29) is 17.2 Å². The number of benzene rings is 2. The van der Waals surface area contributed by atoms with E-state index in [2.05, 4.69) is 6.07 Å². The van der Waals surface area contributed by atoms with Gasteiger partial charge in [0.05, 0.1) is 17.1 Å². The van der Waals surface area contributed by atoms with Crippen molar-refractivity contribution in [3.05, 3.63) is 82.9 Å². The third-order valence-corrected chi connectivity index (χ3v) is 6.16. The Balaban J connectivity index is 1.88. The third-order valence-electron chi connectivity index (χ3n) is 6.16. The van der Waals surface area contributed by atoms with E-state index in [4.69, 9.17) is 0 Å². The van der Waals surface area contributed by atoms with Crippen molar-refractivity contribution in [3.63, 3.8) is 0 Å². The van der Waals surface area contributed by atoms with Gasteiger partial charge in [0.1, 0.15) is 5.75 Å². The Bertz CT molecular complexity index is 1130. The monoisotopic (exact) mass is 444 g/mol. The van der Waals surface area contributed by atoms with Crippen molar-refractivity contribution >= 4 is 17.4 Å². The number of carboxylic acid groups (broad SMARTS) is 1. The first-order chi connectivity index (χ1) is 15.8. The van der Waals surface area contributed by atoms with Gasteiger partial charge in [0.25, 0.3) is 5.91 Å². The second-order valence-corrected chi connectivity index (χ2v) is 8.28. The highest BCUT2D eigenvalue weighted by molar-refractivity contribution is 6.18. The maximum Gasteiger partial charge on any atom is 0.336 e. The van der Waals surface area contributed by atoms with Gasteiger partial charge in [-0.25, -0.2) is 4.79 Å². The second-order valence-electron chi connectivity index (χ2n) is 8.28. The summed E-state index contributed by atoms with van der Waals surface area (Å²) in [6.07, 6.45) is 4.69. The Morgan fingerprint density at radius 2 is 1.82 bits per heavy atom. The maximum atomic E-state index is 13.4. The van der Waals surface area contributed by atoms with Gasteiger partial charge < -0.3 is 15.1 Å². The molecule has 1 amide bonds. The largest absolute Gasteiger partial charge is 0.508 e. The molecule has 0 unspecified atom stereocenters. The van der Waals surface area contributed by atoms with Crippen LogP contribution in [0.5, 0.6) is 5.75 Å². The number of phenols is 1. The highest BCUT2D eigenvalue weighted by Gasteiger charge is 2.38. The molecular formula is C27H28N2O4. The van der Waals surface area contributed by atoms with Crippen molar-refractivity contribution in [2.75, 3.05) is 13.1 Å². The van der Waals surface area contributed by atoms with Gasteiger partial charge in [0.15, 0.2) is 0 Å². The van der Waals surface area contributed by atoms with Crippen molar-refractivity contribution in [1.82, 2.24) is 4.90 Å². The Kier molecular flexibility index (Phi) is 7.34. The van der Waals surface area contributed by atoms with Crippen LogP contribution in [-0.4, -0.2) is 40.1 Å².